The van der Waals surface area contributed by atoms with Crippen LogP contribution in [0.25, 0.3) is 0 Å². The zero-order valence-corrected chi connectivity index (χ0v) is 34.0. The molecule has 0 aliphatic heterocycles. The number of unbranched alkanes of at least 4 members (excludes halogenated alkanes) is 22. The van der Waals surface area contributed by atoms with Crippen molar-refractivity contribution in [3.8, 4) is 0 Å². The second-order valence-corrected chi connectivity index (χ2v) is 14.7. The number of rotatable bonds is 39. The standard InChI is InChI=1S/C46H83NO5/c1-3-5-7-9-11-13-15-16-17-18-19-24-28-32-36-40-46(51)52-41-37-33-29-25-21-20-23-27-31-35-39-45(50)47-43(42-48)44(49)38-34-30-26-22-14-12-10-8-6-4-2/h11,13,16-17,21,25,34,38,43-44,48-49H,3-10,12,14-15,18-20,22-24,26-33,35-37,39-42H2,1-2H3,(H,47,50)/b13-11-,17-16-,25-21-,38-34+. The zero-order valence-electron chi connectivity index (χ0n) is 34.0. The molecule has 6 heteroatoms. The van der Waals surface area contributed by atoms with E-state index >= 15 is 0 Å². The minimum Gasteiger partial charge on any atom is -0.466 e. The lowest BCUT2D eigenvalue weighted by Gasteiger charge is -2.20. The van der Waals surface area contributed by atoms with E-state index in [0.29, 0.717) is 19.4 Å². The fourth-order valence-electron chi connectivity index (χ4n) is 6.12. The van der Waals surface area contributed by atoms with E-state index in [0.717, 1.165) is 89.9 Å². The summed E-state index contributed by atoms with van der Waals surface area (Å²) in [6, 6.07) is -0.653. The van der Waals surface area contributed by atoms with Gasteiger partial charge in [0, 0.05) is 12.8 Å². The summed E-state index contributed by atoms with van der Waals surface area (Å²) < 4.78 is 5.41. The van der Waals surface area contributed by atoms with Crippen LogP contribution in [0.4, 0.5) is 0 Å². The van der Waals surface area contributed by atoms with Crippen molar-refractivity contribution in [2.45, 2.75) is 219 Å². The molecule has 0 saturated carbocycles. The van der Waals surface area contributed by atoms with E-state index in [1.165, 1.54) is 89.9 Å². The lowest BCUT2D eigenvalue weighted by molar-refractivity contribution is -0.143. The maximum Gasteiger partial charge on any atom is 0.305 e. The van der Waals surface area contributed by atoms with Gasteiger partial charge < -0.3 is 20.3 Å². The molecule has 52 heavy (non-hydrogen) atoms. The number of ether oxygens (including phenoxy) is 1. The maximum absolute atomic E-state index is 12.3. The second kappa shape index (κ2) is 41.6. The molecule has 0 radical (unpaired) electrons. The van der Waals surface area contributed by atoms with Gasteiger partial charge in [-0.05, 0) is 89.9 Å². The Hall–Kier alpha value is -2.18. The van der Waals surface area contributed by atoms with Gasteiger partial charge in [-0.1, -0.05) is 152 Å². The Morgan fingerprint density at radius 3 is 1.52 bits per heavy atom. The molecule has 0 bridgehead atoms. The van der Waals surface area contributed by atoms with Crippen LogP contribution < -0.4 is 5.32 Å². The van der Waals surface area contributed by atoms with Crippen LogP contribution in [0.5, 0.6) is 0 Å². The van der Waals surface area contributed by atoms with Gasteiger partial charge >= 0.3 is 5.97 Å². The predicted molar refractivity (Wildman–Crippen MR) is 222 cm³/mol. The van der Waals surface area contributed by atoms with Crippen molar-refractivity contribution in [2.75, 3.05) is 13.2 Å². The van der Waals surface area contributed by atoms with E-state index in [4.69, 9.17) is 4.74 Å². The Labute approximate surface area is 321 Å². The lowest BCUT2D eigenvalue weighted by Crippen LogP contribution is -2.45. The summed E-state index contributed by atoms with van der Waals surface area (Å²) in [4.78, 5) is 24.3. The normalized spacial score (nSPS) is 13.2. The van der Waals surface area contributed by atoms with Crippen LogP contribution in [-0.4, -0.2) is 47.4 Å². The Bertz CT molecular complexity index is 895. The van der Waals surface area contributed by atoms with Crippen LogP contribution in [0, 0.1) is 0 Å². The van der Waals surface area contributed by atoms with E-state index in [2.05, 4.69) is 55.6 Å². The smallest absolute Gasteiger partial charge is 0.305 e. The molecule has 0 aromatic rings. The molecule has 0 aliphatic carbocycles. The number of carbonyl (C=O) groups is 2. The molecule has 2 unspecified atom stereocenters. The number of amides is 1. The number of aliphatic hydroxyl groups is 2. The van der Waals surface area contributed by atoms with Crippen molar-refractivity contribution in [2.24, 2.45) is 0 Å². The average molecular weight is 730 g/mol. The number of nitrogens with one attached hydrogen (secondary N) is 1. The third kappa shape index (κ3) is 37.6. The highest BCUT2D eigenvalue weighted by molar-refractivity contribution is 5.76. The van der Waals surface area contributed by atoms with Gasteiger partial charge in [0.15, 0.2) is 0 Å². The number of carbonyl (C=O) groups excluding carboxylic acids is 2. The molecular weight excluding hydrogens is 647 g/mol. The maximum atomic E-state index is 12.3. The third-order valence-electron chi connectivity index (χ3n) is 9.56. The van der Waals surface area contributed by atoms with Crippen molar-refractivity contribution >= 4 is 11.9 Å². The van der Waals surface area contributed by atoms with Gasteiger partial charge in [0.2, 0.25) is 5.91 Å². The van der Waals surface area contributed by atoms with Crippen molar-refractivity contribution in [3.05, 3.63) is 48.6 Å². The molecule has 0 aromatic carbocycles. The summed E-state index contributed by atoms with van der Waals surface area (Å²) in [7, 11) is 0. The molecule has 6 nitrogen and oxygen atoms in total. The van der Waals surface area contributed by atoms with Crippen molar-refractivity contribution in [1.82, 2.24) is 5.32 Å². The Balaban J connectivity index is 3.59. The fraction of sp³-hybridized carbons (Fsp3) is 0.783. The van der Waals surface area contributed by atoms with Crippen molar-refractivity contribution in [3.63, 3.8) is 0 Å². The summed E-state index contributed by atoms with van der Waals surface area (Å²) in [6.45, 7) is 4.73. The van der Waals surface area contributed by atoms with E-state index < -0.39 is 12.1 Å². The SMILES string of the molecule is CCCCC/C=C\C/C=C\CCCCCCCC(=O)OCCCC/C=C\CCCCCCC(=O)NC(CO)C(O)/C=C/CCCCCCCCCC. The minimum absolute atomic E-state index is 0.0544. The van der Waals surface area contributed by atoms with Crippen LogP contribution in [-0.2, 0) is 14.3 Å². The molecule has 0 saturated heterocycles. The van der Waals surface area contributed by atoms with Gasteiger partial charge in [-0.2, -0.15) is 0 Å². The van der Waals surface area contributed by atoms with Gasteiger partial charge in [-0.15, -0.1) is 0 Å². The number of hydrogen-bond acceptors (Lipinski definition) is 5. The average Bonchev–Trinajstić information content (AvgIpc) is 3.14. The van der Waals surface area contributed by atoms with Gasteiger partial charge in [0.05, 0.1) is 25.4 Å². The van der Waals surface area contributed by atoms with E-state index in [1.54, 1.807) is 6.08 Å². The highest BCUT2D eigenvalue weighted by Crippen LogP contribution is 2.12. The Morgan fingerprint density at radius 2 is 0.962 bits per heavy atom. The molecule has 0 heterocycles. The summed E-state index contributed by atoms with van der Waals surface area (Å²) >= 11 is 0. The minimum atomic E-state index is -0.865. The van der Waals surface area contributed by atoms with Gasteiger partial charge in [0.25, 0.3) is 0 Å². The molecular formula is C46H83NO5. The van der Waals surface area contributed by atoms with Crippen molar-refractivity contribution < 1.29 is 24.5 Å². The Kier molecular flexibility index (Phi) is 39.8. The highest BCUT2D eigenvalue weighted by Gasteiger charge is 2.17. The second-order valence-electron chi connectivity index (χ2n) is 14.7. The summed E-state index contributed by atoms with van der Waals surface area (Å²) in [5.41, 5.74) is 0. The number of esters is 1. The van der Waals surface area contributed by atoms with Gasteiger partial charge in [-0.25, -0.2) is 0 Å². The predicted octanol–water partition coefficient (Wildman–Crippen LogP) is 12.3. The summed E-state index contributed by atoms with van der Waals surface area (Å²) in [5, 5.41) is 22.8. The van der Waals surface area contributed by atoms with Gasteiger partial charge in [0.1, 0.15) is 0 Å². The first-order valence-electron chi connectivity index (χ1n) is 21.9. The van der Waals surface area contributed by atoms with Crippen molar-refractivity contribution in [1.29, 1.82) is 0 Å². The quantitative estimate of drug-likeness (QED) is 0.0332. The molecule has 0 rings (SSSR count). The van der Waals surface area contributed by atoms with Crippen LogP contribution in [0.1, 0.15) is 206 Å². The third-order valence-corrected chi connectivity index (χ3v) is 9.56. The van der Waals surface area contributed by atoms with Gasteiger partial charge in [-0.3, -0.25) is 9.59 Å². The molecule has 0 fully saturated rings. The van der Waals surface area contributed by atoms with Crippen LogP contribution in [0.3, 0.4) is 0 Å². The monoisotopic (exact) mass is 730 g/mol. The highest BCUT2D eigenvalue weighted by atomic mass is 16.5. The Morgan fingerprint density at radius 1 is 0.538 bits per heavy atom. The molecule has 0 aromatic heterocycles. The molecule has 2 atom stereocenters. The van der Waals surface area contributed by atoms with Crippen LogP contribution in [0.15, 0.2) is 48.6 Å². The van der Waals surface area contributed by atoms with Crippen LogP contribution in [0.2, 0.25) is 0 Å². The summed E-state index contributed by atoms with van der Waals surface area (Å²) in [6.07, 6.45) is 49.5. The first-order valence-corrected chi connectivity index (χ1v) is 21.9. The van der Waals surface area contributed by atoms with E-state index in [1.807, 2.05) is 6.08 Å². The fourth-order valence-corrected chi connectivity index (χ4v) is 6.12. The molecule has 302 valence electrons. The molecule has 3 N–H and O–H groups in total. The number of allylic oxidation sites excluding steroid dienone is 7. The first-order chi connectivity index (χ1) is 25.5. The van der Waals surface area contributed by atoms with Crippen LogP contribution >= 0.6 is 0 Å². The molecule has 0 spiro atoms. The largest absolute Gasteiger partial charge is 0.466 e. The van der Waals surface area contributed by atoms with E-state index in [9.17, 15) is 19.8 Å². The molecule has 0 aliphatic rings. The topological polar surface area (TPSA) is 95.9 Å². The lowest BCUT2D eigenvalue weighted by atomic mass is 10.1. The van der Waals surface area contributed by atoms with E-state index in [-0.39, 0.29) is 18.5 Å². The number of aliphatic hydroxyl groups excluding tert-OH is 2. The summed E-state index contributed by atoms with van der Waals surface area (Å²) in [5.74, 6) is -0.164. The number of hydrogen-bond donors (Lipinski definition) is 3. The molecule has 1 amide bonds. The zero-order chi connectivity index (χ0) is 38.0. The first kappa shape index (κ1) is 49.8.